The zero-order chi connectivity index (χ0) is 17.9. The summed E-state index contributed by atoms with van der Waals surface area (Å²) in [4.78, 5) is 47.6. The number of amides is 4. The van der Waals surface area contributed by atoms with E-state index in [1.54, 1.807) is 0 Å². The Morgan fingerprint density at radius 3 is 1.44 bits per heavy atom. The molecule has 0 saturated carbocycles. The van der Waals surface area contributed by atoms with Gasteiger partial charge in [-0.1, -0.05) is 12.1 Å². The number of hydroxylamine groups is 4. The largest absolute Gasteiger partial charge is 0.456 e. The number of fused-ring (bicyclic) bond motifs is 2. The lowest BCUT2D eigenvalue weighted by Gasteiger charge is -2.11. The topological polar surface area (TPSA) is 124 Å². The lowest BCUT2D eigenvalue weighted by molar-refractivity contribution is -0.0330. The number of imide groups is 2. The van der Waals surface area contributed by atoms with Gasteiger partial charge in [-0.25, -0.2) is 0 Å². The average molecular weight is 340 g/mol. The minimum absolute atomic E-state index is 0.0307. The Balaban J connectivity index is 1.83. The normalized spacial score (nSPS) is 15.8. The van der Waals surface area contributed by atoms with Crippen molar-refractivity contribution in [2.45, 2.75) is 0 Å². The molecule has 2 aromatic carbocycles. The van der Waals surface area contributed by atoms with Crippen LogP contribution < -0.4 is 4.74 Å². The summed E-state index contributed by atoms with van der Waals surface area (Å²) in [5.74, 6) is -3.85. The van der Waals surface area contributed by atoms with E-state index in [0.717, 1.165) is 0 Å². The first-order valence-corrected chi connectivity index (χ1v) is 7.01. The Labute approximate surface area is 139 Å². The van der Waals surface area contributed by atoms with E-state index in [0.29, 0.717) is 0 Å². The summed E-state index contributed by atoms with van der Waals surface area (Å²) in [5.41, 5.74) is -0.428. The van der Waals surface area contributed by atoms with Crippen molar-refractivity contribution in [3.05, 3.63) is 58.7 Å². The minimum atomic E-state index is -0.964. The zero-order valence-electron chi connectivity index (χ0n) is 12.3. The number of hydrogen-bond donors (Lipinski definition) is 2. The van der Waals surface area contributed by atoms with Gasteiger partial charge in [0, 0.05) is 0 Å². The van der Waals surface area contributed by atoms with Crippen LogP contribution in [0.1, 0.15) is 41.4 Å². The molecule has 4 amide bonds. The van der Waals surface area contributed by atoms with Crippen LogP contribution in [0.25, 0.3) is 0 Å². The highest BCUT2D eigenvalue weighted by molar-refractivity contribution is 6.22. The second kappa shape index (κ2) is 4.97. The van der Waals surface area contributed by atoms with Gasteiger partial charge >= 0.3 is 0 Å². The molecule has 9 heteroatoms. The molecule has 0 unspecified atom stereocenters. The molecular formula is C16H8N2O7. The molecule has 124 valence electrons. The predicted octanol–water partition coefficient (Wildman–Crippen LogP) is 1.45. The first-order chi connectivity index (χ1) is 11.9. The summed E-state index contributed by atoms with van der Waals surface area (Å²) in [6, 6.07) is 8.32. The molecular weight excluding hydrogens is 332 g/mol. The molecule has 0 aliphatic carbocycles. The number of nitrogens with zero attached hydrogens (tertiary/aromatic N) is 2. The second-order valence-electron chi connectivity index (χ2n) is 5.30. The van der Waals surface area contributed by atoms with Crippen LogP contribution in [0.15, 0.2) is 36.4 Å². The maximum Gasteiger partial charge on any atom is 0.289 e. The van der Waals surface area contributed by atoms with Crippen molar-refractivity contribution < 1.29 is 34.3 Å². The zero-order valence-corrected chi connectivity index (χ0v) is 12.3. The smallest absolute Gasteiger partial charge is 0.289 e. The highest BCUT2D eigenvalue weighted by Crippen LogP contribution is 2.37. The second-order valence-corrected chi connectivity index (χ2v) is 5.30. The lowest BCUT2D eigenvalue weighted by atomic mass is 10.1. The van der Waals surface area contributed by atoms with Gasteiger partial charge in [-0.15, -0.1) is 10.1 Å². The molecule has 0 aromatic heterocycles. The Morgan fingerprint density at radius 1 is 0.640 bits per heavy atom. The molecule has 2 aliphatic heterocycles. The quantitative estimate of drug-likeness (QED) is 0.626. The molecule has 25 heavy (non-hydrogen) atoms. The molecule has 2 aliphatic rings. The molecule has 0 radical (unpaired) electrons. The third kappa shape index (κ3) is 1.90. The summed E-state index contributed by atoms with van der Waals surface area (Å²) in [6.45, 7) is 0. The number of rotatable bonds is 2. The van der Waals surface area contributed by atoms with E-state index in [2.05, 4.69) is 0 Å². The number of ether oxygens (including phenoxy) is 1. The van der Waals surface area contributed by atoms with Crippen LogP contribution in [0.4, 0.5) is 0 Å². The molecule has 0 bridgehead atoms. The van der Waals surface area contributed by atoms with E-state index in [-0.39, 0.29) is 43.9 Å². The van der Waals surface area contributed by atoms with E-state index in [1.807, 2.05) is 0 Å². The Morgan fingerprint density at radius 2 is 1.04 bits per heavy atom. The number of carbonyl (C=O) groups is 4. The molecule has 0 saturated heterocycles. The molecule has 2 heterocycles. The number of hydrogen-bond acceptors (Lipinski definition) is 7. The van der Waals surface area contributed by atoms with Gasteiger partial charge in [-0.2, -0.15) is 0 Å². The third-order valence-electron chi connectivity index (χ3n) is 3.93. The van der Waals surface area contributed by atoms with Crippen molar-refractivity contribution >= 4 is 23.6 Å². The standard InChI is InChI=1S/C16H8N2O7/c19-13-7-3-1-5-9(11(7)15(21)17(13)23)25-10-6-2-4-8-12(10)16(22)18(24)14(8)20/h1-6,23-24H. The van der Waals surface area contributed by atoms with Crippen molar-refractivity contribution in [3.8, 4) is 11.5 Å². The summed E-state index contributed by atoms with van der Waals surface area (Å²) < 4.78 is 5.58. The predicted molar refractivity (Wildman–Crippen MR) is 77.5 cm³/mol. The van der Waals surface area contributed by atoms with Crippen molar-refractivity contribution in [2.24, 2.45) is 0 Å². The first-order valence-electron chi connectivity index (χ1n) is 7.01. The molecule has 2 N–H and O–H groups in total. The fraction of sp³-hybridized carbons (Fsp3) is 0. The van der Waals surface area contributed by atoms with Gasteiger partial charge in [-0.3, -0.25) is 29.6 Å². The Bertz CT molecular complexity index is 918. The van der Waals surface area contributed by atoms with Crippen molar-refractivity contribution in [1.82, 2.24) is 10.1 Å². The number of carbonyl (C=O) groups excluding carboxylic acids is 4. The van der Waals surface area contributed by atoms with Crippen LogP contribution in [-0.2, 0) is 0 Å². The van der Waals surface area contributed by atoms with Crippen LogP contribution in [0, 0.1) is 0 Å². The summed E-state index contributed by atoms with van der Waals surface area (Å²) in [7, 11) is 0. The van der Waals surface area contributed by atoms with E-state index in [4.69, 9.17) is 4.74 Å². The third-order valence-corrected chi connectivity index (χ3v) is 3.93. The van der Waals surface area contributed by atoms with Gasteiger partial charge in [0.05, 0.1) is 22.3 Å². The molecule has 0 fully saturated rings. The fourth-order valence-electron chi connectivity index (χ4n) is 2.77. The van der Waals surface area contributed by atoms with Gasteiger partial charge in [0.15, 0.2) is 0 Å². The molecule has 0 atom stereocenters. The van der Waals surface area contributed by atoms with Crippen LogP contribution >= 0.6 is 0 Å². The van der Waals surface area contributed by atoms with Gasteiger partial charge in [0.2, 0.25) is 0 Å². The van der Waals surface area contributed by atoms with Crippen molar-refractivity contribution in [1.29, 1.82) is 0 Å². The van der Waals surface area contributed by atoms with Crippen molar-refractivity contribution in [2.75, 3.05) is 0 Å². The van der Waals surface area contributed by atoms with E-state index in [1.165, 1.54) is 36.4 Å². The lowest BCUT2D eigenvalue weighted by Crippen LogP contribution is -2.25. The molecule has 4 rings (SSSR count). The monoisotopic (exact) mass is 340 g/mol. The Kier molecular flexibility index (Phi) is 2.98. The van der Waals surface area contributed by atoms with Crippen LogP contribution in [0.3, 0.4) is 0 Å². The summed E-state index contributed by atoms with van der Waals surface area (Å²) >= 11 is 0. The van der Waals surface area contributed by atoms with E-state index in [9.17, 15) is 29.6 Å². The van der Waals surface area contributed by atoms with Crippen LogP contribution in [0.5, 0.6) is 11.5 Å². The van der Waals surface area contributed by atoms with Crippen LogP contribution in [-0.4, -0.2) is 44.2 Å². The SMILES string of the molecule is O=C1c2cccc(Oc3cccc4c3C(=O)N(O)C4=O)c2C(=O)N1O. The van der Waals surface area contributed by atoms with E-state index >= 15 is 0 Å². The van der Waals surface area contributed by atoms with Gasteiger partial charge in [0.25, 0.3) is 23.6 Å². The highest BCUT2D eigenvalue weighted by atomic mass is 16.5. The van der Waals surface area contributed by atoms with Gasteiger partial charge in [0.1, 0.15) is 11.5 Å². The summed E-state index contributed by atoms with van der Waals surface area (Å²) in [6.07, 6.45) is 0. The van der Waals surface area contributed by atoms with Crippen LogP contribution in [0.2, 0.25) is 0 Å². The maximum atomic E-state index is 12.0. The minimum Gasteiger partial charge on any atom is -0.456 e. The number of benzene rings is 2. The average Bonchev–Trinajstić information content (AvgIpc) is 2.97. The highest BCUT2D eigenvalue weighted by Gasteiger charge is 2.40. The molecule has 2 aromatic rings. The first kappa shape index (κ1) is 15.0. The Hall–Kier alpha value is -3.56. The summed E-state index contributed by atoms with van der Waals surface area (Å²) in [5, 5.41) is 18.9. The van der Waals surface area contributed by atoms with Gasteiger partial charge < -0.3 is 4.74 Å². The maximum absolute atomic E-state index is 12.0. The van der Waals surface area contributed by atoms with Gasteiger partial charge in [-0.05, 0) is 24.3 Å². The molecule has 9 nitrogen and oxygen atoms in total. The molecule has 0 spiro atoms. The van der Waals surface area contributed by atoms with Crippen molar-refractivity contribution in [3.63, 3.8) is 0 Å². The van der Waals surface area contributed by atoms with E-state index < -0.39 is 23.6 Å². The fourth-order valence-corrected chi connectivity index (χ4v) is 2.77.